The topological polar surface area (TPSA) is 50.7 Å². The van der Waals surface area contributed by atoms with E-state index in [9.17, 15) is 5.11 Å². The van der Waals surface area contributed by atoms with E-state index < -0.39 is 6.10 Å². The zero-order chi connectivity index (χ0) is 14.6. The Bertz CT molecular complexity index is 431. The first-order chi connectivity index (χ1) is 9.53. The molecular formula is C16H25NO3. The lowest BCUT2D eigenvalue weighted by Gasteiger charge is -2.22. The Labute approximate surface area is 121 Å². The van der Waals surface area contributed by atoms with Crippen molar-refractivity contribution in [2.75, 3.05) is 20.3 Å². The van der Waals surface area contributed by atoms with E-state index in [2.05, 4.69) is 19.2 Å². The van der Waals surface area contributed by atoms with Gasteiger partial charge in [0.1, 0.15) is 24.2 Å². The van der Waals surface area contributed by atoms with Gasteiger partial charge in [-0.3, -0.25) is 0 Å². The smallest absolute Gasteiger partial charge is 0.123 e. The summed E-state index contributed by atoms with van der Waals surface area (Å²) in [4.78, 5) is 0. The highest BCUT2D eigenvalue weighted by atomic mass is 16.5. The molecule has 1 aromatic rings. The van der Waals surface area contributed by atoms with E-state index in [1.165, 1.54) is 12.8 Å². The molecule has 2 rings (SSSR count). The van der Waals surface area contributed by atoms with Crippen LogP contribution in [0.25, 0.3) is 0 Å². The Kier molecular flexibility index (Phi) is 4.89. The summed E-state index contributed by atoms with van der Waals surface area (Å²) in [6.07, 6.45) is 2.04. The van der Waals surface area contributed by atoms with Crippen LogP contribution in [0.5, 0.6) is 11.5 Å². The number of rotatable bonds is 8. The van der Waals surface area contributed by atoms with Gasteiger partial charge in [0.05, 0.1) is 7.11 Å². The van der Waals surface area contributed by atoms with Gasteiger partial charge < -0.3 is 19.9 Å². The van der Waals surface area contributed by atoms with E-state index in [0.717, 1.165) is 5.75 Å². The lowest BCUT2D eigenvalue weighted by atomic mass is 10.0. The summed E-state index contributed by atoms with van der Waals surface area (Å²) in [5.41, 5.74) is 0.424. The Balaban J connectivity index is 1.70. The first kappa shape index (κ1) is 15.1. The van der Waals surface area contributed by atoms with Crippen molar-refractivity contribution < 1.29 is 14.6 Å². The zero-order valence-electron chi connectivity index (χ0n) is 12.6. The lowest BCUT2D eigenvalue weighted by Crippen LogP contribution is -2.40. The molecule has 0 amide bonds. The van der Waals surface area contributed by atoms with Crippen molar-refractivity contribution in [1.29, 1.82) is 0 Å². The van der Waals surface area contributed by atoms with Crippen molar-refractivity contribution in [2.24, 2.45) is 5.41 Å². The summed E-state index contributed by atoms with van der Waals surface area (Å²) >= 11 is 0. The second-order valence-corrected chi connectivity index (χ2v) is 5.93. The Morgan fingerprint density at radius 3 is 2.70 bits per heavy atom. The van der Waals surface area contributed by atoms with Crippen LogP contribution in [0.3, 0.4) is 0 Å². The summed E-state index contributed by atoms with van der Waals surface area (Å²) < 4.78 is 10.7. The number of ether oxygens (including phenoxy) is 2. The van der Waals surface area contributed by atoms with Gasteiger partial charge in [-0.05, 0) is 37.3 Å². The van der Waals surface area contributed by atoms with Crippen LogP contribution in [0, 0.1) is 5.41 Å². The van der Waals surface area contributed by atoms with Crippen LogP contribution in [-0.4, -0.2) is 37.5 Å². The van der Waals surface area contributed by atoms with Crippen LogP contribution in [0.15, 0.2) is 24.3 Å². The van der Waals surface area contributed by atoms with E-state index in [0.29, 0.717) is 23.8 Å². The third-order valence-corrected chi connectivity index (χ3v) is 4.23. The van der Waals surface area contributed by atoms with Gasteiger partial charge in [-0.15, -0.1) is 0 Å². The predicted octanol–water partition coefficient (Wildman–Crippen LogP) is 2.21. The van der Waals surface area contributed by atoms with E-state index in [-0.39, 0.29) is 6.61 Å². The number of nitrogens with one attached hydrogen (secondary N) is 1. The maximum absolute atomic E-state index is 9.95. The average molecular weight is 279 g/mol. The van der Waals surface area contributed by atoms with Crippen LogP contribution in [0.2, 0.25) is 0 Å². The highest BCUT2D eigenvalue weighted by molar-refractivity contribution is 5.32. The Morgan fingerprint density at radius 2 is 2.05 bits per heavy atom. The van der Waals surface area contributed by atoms with Gasteiger partial charge in [0.15, 0.2) is 0 Å². The third-order valence-electron chi connectivity index (χ3n) is 4.23. The molecule has 0 aromatic heterocycles. The zero-order valence-corrected chi connectivity index (χ0v) is 12.6. The summed E-state index contributed by atoms with van der Waals surface area (Å²) in [7, 11) is 1.62. The van der Waals surface area contributed by atoms with Crippen LogP contribution >= 0.6 is 0 Å². The average Bonchev–Trinajstić information content (AvgIpc) is 3.22. The molecule has 1 fully saturated rings. The molecule has 0 bridgehead atoms. The maximum atomic E-state index is 9.95. The molecule has 0 unspecified atom stereocenters. The molecule has 0 aliphatic heterocycles. The van der Waals surface area contributed by atoms with E-state index in [1.54, 1.807) is 7.11 Å². The number of hydrogen-bond acceptors (Lipinski definition) is 4. The second-order valence-electron chi connectivity index (χ2n) is 5.93. The molecule has 0 heterocycles. The van der Waals surface area contributed by atoms with E-state index >= 15 is 0 Å². The van der Waals surface area contributed by atoms with Gasteiger partial charge in [0.2, 0.25) is 0 Å². The van der Waals surface area contributed by atoms with E-state index in [1.807, 2.05) is 24.3 Å². The fourth-order valence-corrected chi connectivity index (χ4v) is 2.13. The normalized spacial score (nSPS) is 19.2. The van der Waals surface area contributed by atoms with Gasteiger partial charge in [-0.1, -0.05) is 13.0 Å². The van der Waals surface area contributed by atoms with Gasteiger partial charge in [-0.2, -0.15) is 0 Å². The highest BCUT2D eigenvalue weighted by Crippen LogP contribution is 2.47. The minimum absolute atomic E-state index is 0.281. The molecule has 0 radical (unpaired) electrons. The summed E-state index contributed by atoms with van der Waals surface area (Å²) in [5.74, 6) is 1.47. The Hall–Kier alpha value is -1.26. The molecule has 4 nitrogen and oxygen atoms in total. The number of methoxy groups -OCH3 is 1. The molecule has 0 saturated heterocycles. The molecule has 1 aliphatic rings. The fraction of sp³-hybridized carbons (Fsp3) is 0.625. The van der Waals surface area contributed by atoms with Crippen LogP contribution < -0.4 is 14.8 Å². The molecule has 4 heteroatoms. The van der Waals surface area contributed by atoms with Crippen molar-refractivity contribution in [2.45, 2.75) is 38.8 Å². The molecule has 1 aromatic carbocycles. The SMILES string of the molecule is COc1cccc(OC[C@H](O)CN[C@@H](C)C2(C)CC2)c1. The quantitative estimate of drug-likeness (QED) is 0.766. The predicted molar refractivity (Wildman–Crippen MR) is 79.3 cm³/mol. The number of aliphatic hydroxyl groups excluding tert-OH is 1. The first-order valence-corrected chi connectivity index (χ1v) is 7.22. The molecule has 20 heavy (non-hydrogen) atoms. The monoisotopic (exact) mass is 279 g/mol. The van der Waals surface area contributed by atoms with Crippen molar-refractivity contribution >= 4 is 0 Å². The first-order valence-electron chi connectivity index (χ1n) is 7.22. The Morgan fingerprint density at radius 1 is 1.35 bits per heavy atom. The van der Waals surface area contributed by atoms with Gasteiger partial charge in [-0.25, -0.2) is 0 Å². The molecule has 2 atom stereocenters. The summed E-state index contributed by atoms with van der Waals surface area (Å²) in [6, 6.07) is 7.84. The minimum Gasteiger partial charge on any atom is -0.497 e. The van der Waals surface area contributed by atoms with Gasteiger partial charge in [0, 0.05) is 18.7 Å². The molecular weight excluding hydrogens is 254 g/mol. The molecule has 2 N–H and O–H groups in total. The van der Waals surface area contributed by atoms with Gasteiger partial charge >= 0.3 is 0 Å². The van der Waals surface area contributed by atoms with Gasteiger partial charge in [0.25, 0.3) is 0 Å². The fourth-order valence-electron chi connectivity index (χ4n) is 2.13. The largest absolute Gasteiger partial charge is 0.497 e. The maximum Gasteiger partial charge on any atom is 0.123 e. The lowest BCUT2D eigenvalue weighted by molar-refractivity contribution is 0.101. The highest BCUT2D eigenvalue weighted by Gasteiger charge is 2.42. The third kappa shape index (κ3) is 4.12. The van der Waals surface area contributed by atoms with Crippen LogP contribution in [-0.2, 0) is 0 Å². The van der Waals surface area contributed by atoms with Crippen LogP contribution in [0.4, 0.5) is 0 Å². The number of benzene rings is 1. The summed E-state index contributed by atoms with van der Waals surface area (Å²) in [6.45, 7) is 5.30. The van der Waals surface area contributed by atoms with Crippen molar-refractivity contribution in [3.05, 3.63) is 24.3 Å². The number of aliphatic hydroxyl groups is 1. The molecule has 0 spiro atoms. The molecule has 1 aliphatic carbocycles. The summed E-state index contributed by atoms with van der Waals surface area (Å²) in [5, 5.41) is 13.3. The minimum atomic E-state index is -0.508. The standard InChI is InChI=1S/C16H25NO3/c1-12(16(2)7-8-16)17-10-13(18)11-20-15-6-4-5-14(9-15)19-3/h4-6,9,12-13,17-18H,7-8,10-11H2,1-3H3/t12-,13+/m0/s1. The van der Waals surface area contributed by atoms with Crippen molar-refractivity contribution in [3.63, 3.8) is 0 Å². The van der Waals surface area contributed by atoms with Crippen LogP contribution in [0.1, 0.15) is 26.7 Å². The van der Waals surface area contributed by atoms with Crippen molar-refractivity contribution in [1.82, 2.24) is 5.32 Å². The molecule has 112 valence electrons. The second kappa shape index (κ2) is 6.46. The number of hydrogen-bond donors (Lipinski definition) is 2. The van der Waals surface area contributed by atoms with Crippen molar-refractivity contribution in [3.8, 4) is 11.5 Å². The van der Waals surface area contributed by atoms with E-state index in [4.69, 9.17) is 9.47 Å². The molecule has 1 saturated carbocycles.